The minimum Gasteiger partial charge on any atom is -0.435 e. The largest absolute Gasteiger partial charge is 0.435 e. The van der Waals surface area contributed by atoms with Crippen LogP contribution in [0.2, 0.25) is 0 Å². The van der Waals surface area contributed by atoms with Crippen molar-refractivity contribution in [1.29, 1.82) is 0 Å². The van der Waals surface area contributed by atoms with Crippen LogP contribution in [0.1, 0.15) is 0 Å². The van der Waals surface area contributed by atoms with Gasteiger partial charge in [0, 0.05) is 12.6 Å². The lowest BCUT2D eigenvalue weighted by Crippen LogP contribution is -2.29. The molecule has 0 atom stereocenters. The molecule has 0 saturated heterocycles. The lowest BCUT2D eigenvalue weighted by atomic mass is 10.3. The van der Waals surface area contributed by atoms with Gasteiger partial charge in [-0.25, -0.2) is 13.1 Å². The second kappa shape index (κ2) is 7.00. The lowest BCUT2D eigenvalue weighted by molar-refractivity contribution is -0.0498. The third-order valence-electron chi connectivity index (χ3n) is 1.97. The third kappa shape index (κ3) is 7.78. The Morgan fingerprint density at radius 2 is 1.81 bits per heavy atom. The quantitative estimate of drug-likeness (QED) is 0.691. The highest BCUT2D eigenvalue weighted by Crippen LogP contribution is 2.22. The molecule has 0 aliphatic heterocycles. The maximum atomic E-state index is 12.0. The van der Waals surface area contributed by atoms with Gasteiger partial charge in [-0.05, 0) is 12.1 Å². The summed E-state index contributed by atoms with van der Waals surface area (Å²) < 4.78 is 79.5. The monoisotopic (exact) mass is 345 g/mol. The van der Waals surface area contributed by atoms with Gasteiger partial charge in [-0.1, -0.05) is 6.07 Å². The van der Waals surface area contributed by atoms with E-state index >= 15 is 0 Å². The fourth-order valence-corrected chi connectivity index (χ4v) is 2.68. The highest BCUT2D eigenvalue weighted by atomic mass is 32.2. The predicted octanol–water partition coefficient (Wildman–Crippen LogP) is 0.546. The van der Waals surface area contributed by atoms with Gasteiger partial charge in [0.15, 0.2) is 0 Å². The molecular formula is C10H13F2NO6S2. The fourth-order valence-electron chi connectivity index (χ4n) is 1.24. The molecule has 0 fully saturated rings. The van der Waals surface area contributed by atoms with Crippen LogP contribution in [0.15, 0.2) is 24.3 Å². The number of ether oxygens (including phenoxy) is 1. The van der Waals surface area contributed by atoms with E-state index in [0.717, 1.165) is 12.3 Å². The summed E-state index contributed by atoms with van der Waals surface area (Å²) in [5.41, 5.74) is 0. The summed E-state index contributed by atoms with van der Waals surface area (Å²) in [5.74, 6) is -1.08. The van der Waals surface area contributed by atoms with Gasteiger partial charge >= 0.3 is 16.7 Å². The molecule has 21 heavy (non-hydrogen) atoms. The number of sulfonamides is 1. The molecule has 0 aromatic heterocycles. The Hall–Kier alpha value is -1.46. The Labute approximate surface area is 121 Å². The first kappa shape index (κ1) is 17.6. The molecule has 0 radical (unpaired) electrons. The zero-order valence-electron chi connectivity index (χ0n) is 10.8. The number of hydrogen-bond acceptors (Lipinski definition) is 6. The minimum atomic E-state index is -4.07. The second-order valence-electron chi connectivity index (χ2n) is 3.87. The molecule has 0 unspecified atom stereocenters. The SMILES string of the molecule is CS(=O)(=O)NCCS(=O)(=O)Oc1cccc(OC(F)F)c1. The van der Waals surface area contributed by atoms with Gasteiger partial charge < -0.3 is 8.92 Å². The van der Waals surface area contributed by atoms with Crippen LogP contribution in [0.4, 0.5) is 8.78 Å². The molecule has 11 heteroatoms. The lowest BCUT2D eigenvalue weighted by Gasteiger charge is -2.09. The van der Waals surface area contributed by atoms with E-state index in [0.29, 0.717) is 0 Å². The number of rotatable bonds is 8. The zero-order valence-corrected chi connectivity index (χ0v) is 12.5. The summed E-state index contributed by atoms with van der Waals surface area (Å²) in [5, 5.41) is 0. The van der Waals surface area contributed by atoms with Crippen molar-refractivity contribution in [2.75, 3.05) is 18.6 Å². The molecule has 1 N–H and O–H groups in total. The predicted molar refractivity (Wildman–Crippen MR) is 70.3 cm³/mol. The van der Waals surface area contributed by atoms with Crippen molar-refractivity contribution in [3.05, 3.63) is 24.3 Å². The maximum Gasteiger partial charge on any atom is 0.387 e. The van der Waals surface area contributed by atoms with Crippen LogP contribution >= 0.6 is 0 Å². The van der Waals surface area contributed by atoms with E-state index < -0.39 is 32.5 Å². The van der Waals surface area contributed by atoms with Crippen LogP contribution in [0.25, 0.3) is 0 Å². The van der Waals surface area contributed by atoms with Crippen LogP contribution in [-0.4, -0.2) is 42.0 Å². The normalized spacial score (nSPS) is 12.4. The van der Waals surface area contributed by atoms with Crippen molar-refractivity contribution < 1.29 is 34.5 Å². The van der Waals surface area contributed by atoms with Gasteiger partial charge in [0.1, 0.15) is 11.5 Å². The summed E-state index contributed by atoms with van der Waals surface area (Å²) in [6.45, 7) is -3.41. The van der Waals surface area contributed by atoms with E-state index in [-0.39, 0.29) is 18.0 Å². The maximum absolute atomic E-state index is 12.0. The highest BCUT2D eigenvalue weighted by molar-refractivity contribution is 7.89. The first-order chi connectivity index (χ1) is 9.57. The van der Waals surface area contributed by atoms with Crippen LogP contribution in [-0.2, 0) is 20.1 Å². The molecule has 120 valence electrons. The Kier molecular flexibility index (Phi) is 5.87. The van der Waals surface area contributed by atoms with Gasteiger partial charge in [-0.2, -0.15) is 17.2 Å². The number of hydrogen-bond donors (Lipinski definition) is 1. The molecule has 0 heterocycles. The number of benzene rings is 1. The molecule has 0 saturated carbocycles. The van der Waals surface area contributed by atoms with Crippen LogP contribution in [0.5, 0.6) is 11.5 Å². The molecule has 0 spiro atoms. The first-order valence-corrected chi connectivity index (χ1v) is 8.96. The number of halogens is 2. The molecule has 0 aliphatic rings. The fraction of sp³-hybridized carbons (Fsp3) is 0.400. The van der Waals surface area contributed by atoms with Crippen molar-refractivity contribution >= 4 is 20.1 Å². The number of alkyl halides is 2. The molecule has 0 aliphatic carbocycles. The van der Waals surface area contributed by atoms with Crippen LogP contribution in [0, 0.1) is 0 Å². The Balaban J connectivity index is 2.66. The first-order valence-electron chi connectivity index (χ1n) is 5.49. The summed E-state index contributed by atoms with van der Waals surface area (Å²) >= 11 is 0. The molecule has 1 rings (SSSR count). The van der Waals surface area contributed by atoms with E-state index in [1.165, 1.54) is 18.2 Å². The molecule has 0 bridgehead atoms. The topological polar surface area (TPSA) is 98.8 Å². The van der Waals surface area contributed by atoms with E-state index in [4.69, 9.17) is 0 Å². The Morgan fingerprint density at radius 3 is 2.38 bits per heavy atom. The minimum absolute atomic E-state index is 0.215. The highest BCUT2D eigenvalue weighted by Gasteiger charge is 2.15. The van der Waals surface area contributed by atoms with Gasteiger partial charge in [-0.15, -0.1) is 0 Å². The average Bonchev–Trinajstić information content (AvgIpc) is 2.25. The Morgan fingerprint density at radius 1 is 1.19 bits per heavy atom. The van der Waals surface area contributed by atoms with Crippen molar-refractivity contribution in [1.82, 2.24) is 4.72 Å². The summed E-state index contributed by atoms with van der Waals surface area (Å²) in [6.07, 6.45) is 0.881. The molecule has 7 nitrogen and oxygen atoms in total. The van der Waals surface area contributed by atoms with Gasteiger partial charge in [-0.3, -0.25) is 0 Å². The zero-order chi connectivity index (χ0) is 16.1. The van der Waals surface area contributed by atoms with E-state index in [2.05, 4.69) is 8.92 Å². The second-order valence-corrected chi connectivity index (χ2v) is 7.39. The van der Waals surface area contributed by atoms with Crippen molar-refractivity contribution in [3.8, 4) is 11.5 Å². The van der Waals surface area contributed by atoms with Gasteiger partial charge in [0.2, 0.25) is 10.0 Å². The number of nitrogens with one attached hydrogen (secondary N) is 1. The summed E-state index contributed by atoms with van der Waals surface area (Å²) in [7, 11) is -7.59. The standard InChI is InChI=1S/C10H13F2NO6S2/c1-20(14,15)13-5-6-21(16,17)19-9-4-2-3-8(7-9)18-10(11)12/h2-4,7,10,13H,5-6H2,1H3. The van der Waals surface area contributed by atoms with Crippen LogP contribution in [0.3, 0.4) is 0 Å². The van der Waals surface area contributed by atoms with Gasteiger partial charge in [0.05, 0.1) is 12.0 Å². The Bertz CT molecular complexity index is 675. The molecular weight excluding hydrogens is 332 g/mol. The molecule has 1 aromatic carbocycles. The summed E-state index contributed by atoms with van der Waals surface area (Å²) in [4.78, 5) is 0. The van der Waals surface area contributed by atoms with Crippen molar-refractivity contribution in [2.45, 2.75) is 6.61 Å². The average molecular weight is 345 g/mol. The van der Waals surface area contributed by atoms with Crippen molar-refractivity contribution in [3.63, 3.8) is 0 Å². The summed E-state index contributed by atoms with van der Waals surface area (Å²) in [6, 6.07) is 4.70. The molecule has 0 amide bonds. The molecule has 1 aromatic rings. The van der Waals surface area contributed by atoms with E-state index in [1.807, 2.05) is 4.72 Å². The smallest absolute Gasteiger partial charge is 0.387 e. The van der Waals surface area contributed by atoms with Crippen LogP contribution < -0.4 is 13.6 Å². The van der Waals surface area contributed by atoms with Gasteiger partial charge in [0.25, 0.3) is 0 Å². The third-order valence-corrected chi connectivity index (χ3v) is 3.85. The van der Waals surface area contributed by atoms with E-state index in [1.54, 1.807) is 0 Å². The van der Waals surface area contributed by atoms with Crippen molar-refractivity contribution in [2.24, 2.45) is 0 Å². The van der Waals surface area contributed by atoms with E-state index in [9.17, 15) is 25.6 Å².